The Hall–Kier alpha value is -2.21. The fourth-order valence-corrected chi connectivity index (χ4v) is 4.41. The number of allylic oxidation sites excluding steroid dienone is 1. The number of esters is 1. The largest absolute Gasteiger partial charge is 0.494 e. The van der Waals surface area contributed by atoms with Gasteiger partial charge in [0.2, 0.25) is 0 Å². The van der Waals surface area contributed by atoms with Crippen LogP contribution in [0.2, 0.25) is 0 Å². The van der Waals surface area contributed by atoms with E-state index in [1.165, 1.54) is 0 Å². The molecule has 2 heterocycles. The first kappa shape index (κ1) is 20.5. The van der Waals surface area contributed by atoms with Crippen LogP contribution >= 0.6 is 11.8 Å². The molecule has 5 nitrogen and oxygen atoms in total. The number of rotatable bonds is 6. The molecule has 1 aromatic carbocycles. The third-order valence-corrected chi connectivity index (χ3v) is 5.70. The van der Waals surface area contributed by atoms with Crippen molar-refractivity contribution in [1.29, 1.82) is 0 Å². The molecule has 1 atom stereocenters. The van der Waals surface area contributed by atoms with Crippen molar-refractivity contribution in [3.05, 3.63) is 51.7 Å². The number of ether oxygens (including phenoxy) is 2. The third-order valence-electron chi connectivity index (χ3n) is 4.93. The van der Waals surface area contributed by atoms with E-state index in [1.807, 2.05) is 32.4 Å². The number of amidine groups is 1. The average molecular weight is 401 g/mol. The number of carbonyl (C=O) groups excluding carboxylic acids is 1. The number of aliphatic imine (C=N–C) groups is 1. The Labute approximate surface area is 171 Å². The molecule has 150 valence electrons. The molecule has 28 heavy (non-hydrogen) atoms. The van der Waals surface area contributed by atoms with Crippen LogP contribution in [0, 0.1) is 6.92 Å². The predicted molar refractivity (Wildman–Crippen MR) is 115 cm³/mol. The topological polar surface area (TPSA) is 51.1 Å². The van der Waals surface area contributed by atoms with Gasteiger partial charge in [-0.3, -0.25) is 0 Å². The van der Waals surface area contributed by atoms with Crippen LogP contribution in [-0.2, 0) is 9.53 Å². The summed E-state index contributed by atoms with van der Waals surface area (Å²) in [6.07, 6.45) is 1.99. The Morgan fingerprint density at radius 1 is 1.25 bits per heavy atom. The van der Waals surface area contributed by atoms with Crippen LogP contribution in [0.3, 0.4) is 0 Å². The quantitative estimate of drug-likeness (QED) is 0.608. The van der Waals surface area contributed by atoms with Gasteiger partial charge in [-0.15, -0.1) is 0 Å². The van der Waals surface area contributed by atoms with Gasteiger partial charge >= 0.3 is 5.97 Å². The molecule has 0 radical (unpaired) electrons. The van der Waals surface area contributed by atoms with Crippen LogP contribution in [0.15, 0.2) is 40.0 Å². The van der Waals surface area contributed by atoms with E-state index in [0.717, 1.165) is 27.6 Å². The number of carbonyl (C=O) groups is 1. The first-order valence-corrected chi connectivity index (χ1v) is 10.6. The van der Waals surface area contributed by atoms with Crippen LogP contribution in [-0.4, -0.2) is 29.3 Å². The summed E-state index contributed by atoms with van der Waals surface area (Å²) < 4.78 is 11.3. The molecule has 0 aromatic heterocycles. The molecule has 6 heteroatoms. The highest BCUT2D eigenvalue weighted by molar-refractivity contribution is 8.16. The molecule has 0 saturated carbocycles. The van der Waals surface area contributed by atoms with Crippen LogP contribution in [0.25, 0.3) is 0 Å². The zero-order valence-electron chi connectivity index (χ0n) is 17.4. The maximum Gasteiger partial charge on any atom is 0.338 e. The summed E-state index contributed by atoms with van der Waals surface area (Å²) >= 11 is 1.57. The highest BCUT2D eigenvalue weighted by Gasteiger charge is 2.38. The summed E-state index contributed by atoms with van der Waals surface area (Å²) in [5, 5.41) is 2.88. The minimum Gasteiger partial charge on any atom is -0.494 e. The van der Waals surface area contributed by atoms with E-state index in [9.17, 15) is 4.79 Å². The van der Waals surface area contributed by atoms with Gasteiger partial charge in [0.1, 0.15) is 5.75 Å². The van der Waals surface area contributed by atoms with Gasteiger partial charge in [0, 0.05) is 6.20 Å². The lowest BCUT2D eigenvalue weighted by Gasteiger charge is -2.34. The molecule has 0 aliphatic carbocycles. The Kier molecular flexibility index (Phi) is 6.18. The minimum absolute atomic E-state index is 0.258. The number of benzene rings is 1. The second-order valence-corrected chi connectivity index (χ2v) is 8.03. The summed E-state index contributed by atoms with van der Waals surface area (Å²) in [5.41, 5.74) is 4.61. The lowest BCUT2D eigenvalue weighted by atomic mass is 9.88. The van der Waals surface area contributed by atoms with E-state index in [2.05, 4.69) is 42.8 Å². The van der Waals surface area contributed by atoms with E-state index in [0.29, 0.717) is 30.4 Å². The highest BCUT2D eigenvalue weighted by atomic mass is 32.2. The molecule has 1 aromatic rings. The lowest BCUT2D eigenvalue weighted by Crippen LogP contribution is -2.34. The number of fused-ring (bicyclic) bond motifs is 1. The van der Waals surface area contributed by atoms with Crippen molar-refractivity contribution in [2.75, 3.05) is 13.2 Å². The SMILES string of the molecule is CCOC(=O)C1=C(C)N=C2SC=CN2[C@H]1c1cc(C(C)C)c(OCC)cc1C. The van der Waals surface area contributed by atoms with Crippen molar-refractivity contribution in [3.8, 4) is 5.75 Å². The first-order chi connectivity index (χ1) is 13.4. The van der Waals surface area contributed by atoms with Crippen LogP contribution < -0.4 is 4.74 Å². The number of hydrogen-bond donors (Lipinski definition) is 0. The molecule has 3 rings (SSSR count). The first-order valence-electron chi connectivity index (χ1n) is 9.74. The van der Waals surface area contributed by atoms with Gasteiger partial charge in [-0.25, -0.2) is 9.79 Å². The normalized spacial score (nSPS) is 18.5. The molecular formula is C22H28N2O3S. The molecule has 0 fully saturated rings. The number of thioether (sulfide) groups is 1. The summed E-state index contributed by atoms with van der Waals surface area (Å²) in [5.74, 6) is 0.905. The molecule has 0 N–H and O–H groups in total. The summed E-state index contributed by atoms with van der Waals surface area (Å²) in [6.45, 7) is 13.0. The third kappa shape index (κ3) is 3.70. The van der Waals surface area contributed by atoms with E-state index < -0.39 is 0 Å². The summed E-state index contributed by atoms with van der Waals surface area (Å²) in [6, 6.07) is 4.01. The second-order valence-electron chi connectivity index (χ2n) is 7.16. The Balaban J connectivity index is 2.18. The molecule has 0 bridgehead atoms. The second kappa shape index (κ2) is 8.43. The predicted octanol–water partition coefficient (Wildman–Crippen LogP) is 5.28. The monoisotopic (exact) mass is 400 g/mol. The van der Waals surface area contributed by atoms with Crippen molar-refractivity contribution in [1.82, 2.24) is 4.90 Å². The summed E-state index contributed by atoms with van der Waals surface area (Å²) in [4.78, 5) is 19.6. The van der Waals surface area contributed by atoms with Crippen molar-refractivity contribution in [2.45, 2.75) is 53.5 Å². The highest BCUT2D eigenvalue weighted by Crippen LogP contribution is 2.44. The Bertz CT molecular complexity index is 871. The van der Waals surface area contributed by atoms with Gasteiger partial charge in [-0.2, -0.15) is 0 Å². The molecule has 2 aliphatic heterocycles. The van der Waals surface area contributed by atoms with Gasteiger partial charge in [0.25, 0.3) is 0 Å². The number of hydrogen-bond acceptors (Lipinski definition) is 6. The van der Waals surface area contributed by atoms with Crippen molar-refractivity contribution in [2.24, 2.45) is 4.99 Å². The summed E-state index contributed by atoms with van der Waals surface area (Å²) in [7, 11) is 0. The van der Waals surface area contributed by atoms with Crippen LogP contribution in [0.4, 0.5) is 0 Å². The Morgan fingerprint density at radius 2 is 2.00 bits per heavy atom. The molecule has 0 saturated heterocycles. The number of aryl methyl sites for hydroxylation is 1. The smallest absolute Gasteiger partial charge is 0.338 e. The van der Waals surface area contributed by atoms with E-state index >= 15 is 0 Å². The van der Waals surface area contributed by atoms with Gasteiger partial charge < -0.3 is 14.4 Å². The van der Waals surface area contributed by atoms with Crippen molar-refractivity contribution >= 4 is 22.9 Å². The molecule has 0 spiro atoms. The molecule has 2 aliphatic rings. The van der Waals surface area contributed by atoms with Crippen LogP contribution in [0.5, 0.6) is 5.75 Å². The van der Waals surface area contributed by atoms with E-state index in [1.54, 1.807) is 11.8 Å². The van der Waals surface area contributed by atoms with Gasteiger partial charge in [-0.1, -0.05) is 25.6 Å². The maximum absolute atomic E-state index is 12.8. The number of nitrogens with zero attached hydrogens (tertiary/aromatic N) is 2. The molecule has 0 unspecified atom stereocenters. The molecule has 0 amide bonds. The lowest BCUT2D eigenvalue weighted by molar-refractivity contribution is -0.139. The van der Waals surface area contributed by atoms with E-state index in [-0.39, 0.29) is 12.0 Å². The molecular weight excluding hydrogens is 372 g/mol. The van der Waals surface area contributed by atoms with Crippen molar-refractivity contribution < 1.29 is 14.3 Å². The van der Waals surface area contributed by atoms with Gasteiger partial charge in [0.15, 0.2) is 5.17 Å². The fourth-order valence-electron chi connectivity index (χ4n) is 3.62. The zero-order valence-corrected chi connectivity index (χ0v) is 18.2. The average Bonchev–Trinajstić information content (AvgIpc) is 3.09. The standard InChI is InChI=1S/C22H28N2O3S/c1-7-26-18-11-14(5)17(12-16(18)13(3)4)20-19(21(25)27-8-2)15(6)23-22-24(20)9-10-28-22/h9-13,20H,7-8H2,1-6H3/t20-/m0/s1. The minimum atomic E-state index is -0.308. The Morgan fingerprint density at radius 3 is 2.64 bits per heavy atom. The zero-order chi connectivity index (χ0) is 20.4. The fraction of sp³-hybridized carbons (Fsp3) is 0.455. The van der Waals surface area contributed by atoms with Gasteiger partial charge in [0.05, 0.1) is 30.5 Å². The van der Waals surface area contributed by atoms with Crippen LogP contribution in [0.1, 0.15) is 63.3 Å². The van der Waals surface area contributed by atoms with E-state index in [4.69, 9.17) is 9.47 Å². The van der Waals surface area contributed by atoms with Crippen molar-refractivity contribution in [3.63, 3.8) is 0 Å². The maximum atomic E-state index is 12.8. The van der Waals surface area contributed by atoms with Gasteiger partial charge in [-0.05, 0) is 67.8 Å².